The van der Waals surface area contributed by atoms with Crippen molar-refractivity contribution >= 4 is 33.3 Å². The Bertz CT molecular complexity index is 360. The second kappa shape index (κ2) is 5.32. The van der Waals surface area contributed by atoms with Crippen molar-refractivity contribution in [3.63, 3.8) is 0 Å². The SMILES string of the molecule is C=CCCC(=O)c1cc(Br)ccc1Cl. The van der Waals surface area contributed by atoms with E-state index < -0.39 is 0 Å². The van der Waals surface area contributed by atoms with E-state index in [-0.39, 0.29) is 5.78 Å². The zero-order valence-electron chi connectivity index (χ0n) is 7.59. The maximum Gasteiger partial charge on any atom is 0.164 e. The normalized spacial score (nSPS) is 9.86. The summed E-state index contributed by atoms with van der Waals surface area (Å²) in [4.78, 5) is 11.6. The van der Waals surface area contributed by atoms with Gasteiger partial charge in [-0.1, -0.05) is 33.6 Å². The molecule has 0 unspecified atom stereocenters. The molecule has 1 aromatic rings. The molecule has 3 heteroatoms. The fraction of sp³-hybridized carbons (Fsp3) is 0.182. The molecular formula is C11H10BrClO. The molecule has 0 saturated carbocycles. The number of ketones is 1. The predicted octanol–water partition coefficient (Wildman–Crippen LogP) is 4.25. The number of carbonyl (C=O) groups is 1. The van der Waals surface area contributed by atoms with Crippen molar-refractivity contribution in [1.29, 1.82) is 0 Å². The van der Waals surface area contributed by atoms with E-state index in [9.17, 15) is 4.79 Å². The average molecular weight is 274 g/mol. The Morgan fingerprint density at radius 3 is 2.93 bits per heavy atom. The molecule has 0 fully saturated rings. The molecule has 0 aliphatic carbocycles. The molecule has 0 atom stereocenters. The number of benzene rings is 1. The maximum atomic E-state index is 11.6. The number of rotatable bonds is 4. The van der Waals surface area contributed by atoms with Crippen LogP contribution in [-0.4, -0.2) is 5.78 Å². The van der Waals surface area contributed by atoms with Crippen molar-refractivity contribution in [1.82, 2.24) is 0 Å². The highest BCUT2D eigenvalue weighted by Gasteiger charge is 2.09. The monoisotopic (exact) mass is 272 g/mol. The van der Waals surface area contributed by atoms with Crippen molar-refractivity contribution in [3.8, 4) is 0 Å². The third-order valence-corrected chi connectivity index (χ3v) is 2.63. The second-order valence-electron chi connectivity index (χ2n) is 2.87. The van der Waals surface area contributed by atoms with Crippen LogP contribution in [0.5, 0.6) is 0 Å². The molecule has 0 heterocycles. The lowest BCUT2D eigenvalue weighted by Crippen LogP contribution is -1.99. The number of Topliss-reactive ketones (excluding diaryl/α,β-unsaturated/α-hetero) is 1. The van der Waals surface area contributed by atoms with Crippen molar-refractivity contribution in [2.45, 2.75) is 12.8 Å². The maximum absolute atomic E-state index is 11.6. The molecule has 14 heavy (non-hydrogen) atoms. The van der Waals surface area contributed by atoms with E-state index in [1.165, 1.54) is 0 Å². The van der Waals surface area contributed by atoms with Gasteiger partial charge in [0.05, 0.1) is 5.02 Å². The Kier molecular flexibility index (Phi) is 4.36. The van der Waals surface area contributed by atoms with Crippen LogP contribution in [0.15, 0.2) is 35.3 Å². The van der Waals surface area contributed by atoms with Gasteiger partial charge in [0.1, 0.15) is 0 Å². The second-order valence-corrected chi connectivity index (χ2v) is 4.20. The van der Waals surface area contributed by atoms with Crippen molar-refractivity contribution < 1.29 is 4.79 Å². The highest BCUT2D eigenvalue weighted by Crippen LogP contribution is 2.22. The summed E-state index contributed by atoms with van der Waals surface area (Å²) in [5, 5.41) is 0.502. The van der Waals surface area contributed by atoms with E-state index in [1.807, 2.05) is 6.07 Å². The summed E-state index contributed by atoms with van der Waals surface area (Å²) in [6.45, 7) is 3.57. The minimum Gasteiger partial charge on any atom is -0.294 e. The van der Waals surface area contributed by atoms with Gasteiger partial charge in [0.2, 0.25) is 0 Å². The summed E-state index contributed by atoms with van der Waals surface area (Å²) in [7, 11) is 0. The van der Waals surface area contributed by atoms with E-state index in [4.69, 9.17) is 11.6 Å². The molecule has 1 rings (SSSR count). The van der Waals surface area contributed by atoms with Crippen LogP contribution in [0.2, 0.25) is 5.02 Å². The van der Waals surface area contributed by atoms with Crippen LogP contribution in [0.4, 0.5) is 0 Å². The van der Waals surface area contributed by atoms with Gasteiger partial charge in [0.25, 0.3) is 0 Å². The summed E-state index contributed by atoms with van der Waals surface area (Å²) in [6.07, 6.45) is 2.87. The molecule has 0 bridgehead atoms. The Morgan fingerprint density at radius 1 is 1.57 bits per heavy atom. The first-order valence-corrected chi connectivity index (χ1v) is 5.41. The molecule has 0 radical (unpaired) electrons. The standard InChI is InChI=1S/C11H10BrClO/c1-2-3-4-11(14)9-7-8(12)5-6-10(9)13/h2,5-7H,1,3-4H2. The summed E-state index contributed by atoms with van der Waals surface area (Å²) < 4.78 is 0.865. The van der Waals surface area contributed by atoms with Crippen LogP contribution in [0.25, 0.3) is 0 Å². The number of hydrogen-bond donors (Lipinski definition) is 0. The number of hydrogen-bond acceptors (Lipinski definition) is 1. The Labute approximate surface area is 96.9 Å². The van der Waals surface area contributed by atoms with Gasteiger partial charge in [-0.15, -0.1) is 6.58 Å². The molecule has 74 valence electrons. The van der Waals surface area contributed by atoms with Gasteiger partial charge in [-0.05, 0) is 24.6 Å². The quantitative estimate of drug-likeness (QED) is 0.592. The predicted molar refractivity (Wildman–Crippen MR) is 62.9 cm³/mol. The fourth-order valence-corrected chi connectivity index (χ4v) is 1.66. The summed E-state index contributed by atoms with van der Waals surface area (Å²) >= 11 is 9.20. The molecule has 1 nitrogen and oxygen atoms in total. The molecular weight excluding hydrogens is 263 g/mol. The number of allylic oxidation sites excluding steroid dienone is 1. The van der Waals surface area contributed by atoms with Crippen molar-refractivity contribution in [2.75, 3.05) is 0 Å². The fourth-order valence-electron chi connectivity index (χ4n) is 1.08. The van der Waals surface area contributed by atoms with Crippen LogP contribution in [-0.2, 0) is 0 Å². The molecule has 0 N–H and O–H groups in total. The van der Waals surface area contributed by atoms with Crippen molar-refractivity contribution in [2.24, 2.45) is 0 Å². The number of carbonyl (C=O) groups excluding carboxylic acids is 1. The van der Waals surface area contributed by atoms with E-state index in [0.717, 1.165) is 4.47 Å². The molecule has 0 aliphatic heterocycles. The van der Waals surface area contributed by atoms with Gasteiger partial charge in [-0.3, -0.25) is 4.79 Å². The molecule has 1 aromatic carbocycles. The summed E-state index contributed by atoms with van der Waals surface area (Å²) in [5.74, 6) is 0.0520. The van der Waals surface area contributed by atoms with E-state index >= 15 is 0 Å². The number of halogens is 2. The van der Waals surface area contributed by atoms with Crippen LogP contribution in [0.3, 0.4) is 0 Å². The van der Waals surface area contributed by atoms with Crippen LogP contribution < -0.4 is 0 Å². The lowest BCUT2D eigenvalue weighted by Gasteiger charge is -2.02. The van der Waals surface area contributed by atoms with E-state index in [2.05, 4.69) is 22.5 Å². The lowest BCUT2D eigenvalue weighted by atomic mass is 10.1. The zero-order valence-corrected chi connectivity index (χ0v) is 9.94. The van der Waals surface area contributed by atoms with E-state index in [0.29, 0.717) is 23.4 Å². The minimum absolute atomic E-state index is 0.0520. The summed E-state index contributed by atoms with van der Waals surface area (Å²) in [6, 6.07) is 5.27. The lowest BCUT2D eigenvalue weighted by molar-refractivity contribution is 0.0984. The highest BCUT2D eigenvalue weighted by molar-refractivity contribution is 9.10. The van der Waals surface area contributed by atoms with Crippen LogP contribution in [0, 0.1) is 0 Å². The molecule has 0 amide bonds. The molecule has 0 spiro atoms. The Balaban J connectivity index is 2.88. The van der Waals surface area contributed by atoms with Gasteiger partial charge in [0, 0.05) is 16.5 Å². The topological polar surface area (TPSA) is 17.1 Å². The van der Waals surface area contributed by atoms with Crippen LogP contribution >= 0.6 is 27.5 Å². The first kappa shape index (κ1) is 11.5. The average Bonchev–Trinajstić information content (AvgIpc) is 2.18. The molecule has 0 aliphatic rings. The minimum atomic E-state index is 0.0520. The first-order valence-electron chi connectivity index (χ1n) is 4.24. The van der Waals surface area contributed by atoms with Gasteiger partial charge >= 0.3 is 0 Å². The summed E-state index contributed by atoms with van der Waals surface area (Å²) in [5.41, 5.74) is 0.572. The Morgan fingerprint density at radius 2 is 2.29 bits per heavy atom. The highest BCUT2D eigenvalue weighted by atomic mass is 79.9. The van der Waals surface area contributed by atoms with Crippen molar-refractivity contribution in [3.05, 3.63) is 45.9 Å². The third kappa shape index (κ3) is 2.96. The van der Waals surface area contributed by atoms with Crippen LogP contribution in [0.1, 0.15) is 23.2 Å². The third-order valence-electron chi connectivity index (χ3n) is 1.80. The van der Waals surface area contributed by atoms with Gasteiger partial charge in [-0.2, -0.15) is 0 Å². The molecule has 0 aromatic heterocycles. The first-order chi connectivity index (χ1) is 6.65. The Hall–Kier alpha value is -0.600. The zero-order chi connectivity index (χ0) is 10.6. The van der Waals surface area contributed by atoms with Gasteiger partial charge in [0.15, 0.2) is 5.78 Å². The smallest absolute Gasteiger partial charge is 0.164 e. The van der Waals surface area contributed by atoms with E-state index in [1.54, 1.807) is 18.2 Å². The van der Waals surface area contributed by atoms with Gasteiger partial charge < -0.3 is 0 Å². The molecule has 0 saturated heterocycles. The van der Waals surface area contributed by atoms with Gasteiger partial charge in [-0.25, -0.2) is 0 Å². The largest absolute Gasteiger partial charge is 0.294 e.